The Hall–Kier alpha value is -3.31. The smallest absolute Gasteiger partial charge is 0.254 e. The van der Waals surface area contributed by atoms with Crippen molar-refractivity contribution in [3.8, 4) is 11.5 Å². The maximum atomic E-state index is 13.9. The van der Waals surface area contributed by atoms with E-state index in [-0.39, 0.29) is 17.5 Å². The number of ether oxygens (including phenoxy) is 1. The van der Waals surface area contributed by atoms with Gasteiger partial charge in [-0.3, -0.25) is 9.69 Å². The summed E-state index contributed by atoms with van der Waals surface area (Å²) in [4.78, 5) is 18.5. The number of hydrogen-bond acceptors (Lipinski definition) is 4. The molecule has 1 aliphatic carbocycles. The first-order valence-corrected chi connectivity index (χ1v) is 14.3. The first kappa shape index (κ1) is 26.3. The third kappa shape index (κ3) is 5.58. The molecule has 0 bridgehead atoms. The van der Waals surface area contributed by atoms with Crippen LogP contribution < -0.4 is 4.74 Å². The molecule has 2 fully saturated rings. The molecule has 0 radical (unpaired) electrons. The average Bonchev–Trinajstić information content (AvgIpc) is 3.50. The van der Waals surface area contributed by atoms with Crippen LogP contribution in [0.5, 0.6) is 11.5 Å². The second-order valence-corrected chi connectivity index (χ2v) is 10.6. The molecule has 1 saturated heterocycles. The number of hydrogen-bond donors (Lipinski definition) is 1. The molecule has 200 valence electrons. The normalized spacial score (nSPS) is 19.4. The highest BCUT2D eigenvalue weighted by atomic mass is 16.5. The summed E-state index contributed by atoms with van der Waals surface area (Å²) in [7, 11) is 0. The second kappa shape index (κ2) is 11.6. The summed E-state index contributed by atoms with van der Waals surface area (Å²) in [6, 6.07) is 23.6. The lowest BCUT2D eigenvalue weighted by atomic mass is 9.83. The highest BCUT2D eigenvalue weighted by molar-refractivity contribution is 5.95. The molecule has 1 spiro atoms. The Morgan fingerprint density at radius 3 is 2.37 bits per heavy atom. The van der Waals surface area contributed by atoms with E-state index in [0.29, 0.717) is 12.4 Å². The van der Waals surface area contributed by atoms with Crippen LogP contribution in [0.1, 0.15) is 72.6 Å². The van der Waals surface area contributed by atoms with Gasteiger partial charge < -0.3 is 14.7 Å². The Kier molecular flexibility index (Phi) is 8.04. The van der Waals surface area contributed by atoms with Crippen LogP contribution in [-0.4, -0.2) is 52.6 Å². The van der Waals surface area contributed by atoms with Gasteiger partial charge in [0.05, 0.1) is 6.04 Å². The van der Waals surface area contributed by atoms with Crippen LogP contribution in [0, 0.1) is 0 Å². The third-order valence-corrected chi connectivity index (χ3v) is 8.12. The number of aromatic hydroxyl groups is 1. The van der Waals surface area contributed by atoms with E-state index in [9.17, 15) is 9.90 Å². The van der Waals surface area contributed by atoms with Crippen LogP contribution >= 0.6 is 0 Å². The van der Waals surface area contributed by atoms with Gasteiger partial charge in [0.25, 0.3) is 5.91 Å². The van der Waals surface area contributed by atoms with Crippen molar-refractivity contribution in [1.82, 2.24) is 9.80 Å². The highest BCUT2D eigenvalue weighted by Gasteiger charge is 2.55. The number of fused-ring (bicyclic) bond motifs is 1. The maximum Gasteiger partial charge on any atom is 0.254 e. The fourth-order valence-corrected chi connectivity index (χ4v) is 6.06. The Morgan fingerprint density at radius 2 is 1.68 bits per heavy atom. The quantitative estimate of drug-likeness (QED) is 0.398. The first-order chi connectivity index (χ1) is 18.6. The second-order valence-electron chi connectivity index (χ2n) is 10.6. The van der Waals surface area contributed by atoms with Gasteiger partial charge in [-0.1, -0.05) is 50.2 Å². The molecule has 1 saturated carbocycles. The van der Waals surface area contributed by atoms with Crippen LogP contribution in [0.3, 0.4) is 0 Å². The lowest BCUT2D eigenvalue weighted by molar-refractivity contribution is 0.0486. The van der Waals surface area contributed by atoms with Gasteiger partial charge in [0.1, 0.15) is 18.1 Å². The van der Waals surface area contributed by atoms with Crippen molar-refractivity contribution >= 4 is 5.91 Å². The van der Waals surface area contributed by atoms with Crippen molar-refractivity contribution in [1.29, 1.82) is 0 Å². The number of amides is 1. The van der Waals surface area contributed by atoms with Gasteiger partial charge in [0.2, 0.25) is 0 Å². The number of carbonyl (C=O) groups is 1. The van der Waals surface area contributed by atoms with Crippen LogP contribution in [0.25, 0.3) is 0 Å². The fourth-order valence-electron chi connectivity index (χ4n) is 6.06. The molecule has 38 heavy (non-hydrogen) atoms. The minimum absolute atomic E-state index is 0.0773. The average molecular weight is 513 g/mol. The number of rotatable bonds is 7. The van der Waals surface area contributed by atoms with Crippen LogP contribution in [-0.2, 0) is 12.8 Å². The predicted molar refractivity (Wildman–Crippen MR) is 152 cm³/mol. The zero-order valence-electron chi connectivity index (χ0n) is 22.7. The van der Waals surface area contributed by atoms with Crippen molar-refractivity contribution in [2.24, 2.45) is 0 Å². The number of carbonyl (C=O) groups excluding carboxylic acids is 1. The fraction of sp³-hybridized carbons (Fsp3) is 0.424. The van der Waals surface area contributed by atoms with Gasteiger partial charge >= 0.3 is 0 Å². The topological polar surface area (TPSA) is 53.0 Å². The monoisotopic (exact) mass is 512 g/mol. The largest absolute Gasteiger partial charge is 0.508 e. The molecule has 5 nitrogen and oxygen atoms in total. The molecule has 3 aromatic rings. The molecule has 1 N–H and O–H groups in total. The molecular weight excluding hydrogens is 472 g/mol. The SMILES string of the molecule is CC.O=C(c1ccccc1)N1C(Cc2ccc(OCCN3CCCC3)cc2)c2ccc(O)cc2CC12CC2. The summed E-state index contributed by atoms with van der Waals surface area (Å²) in [6.07, 6.45) is 6.12. The summed E-state index contributed by atoms with van der Waals surface area (Å²) in [5.41, 5.74) is 4.06. The Bertz CT molecular complexity index is 1210. The van der Waals surface area contributed by atoms with Crippen molar-refractivity contribution in [2.75, 3.05) is 26.2 Å². The number of phenols is 1. The van der Waals surface area contributed by atoms with Gasteiger partial charge in [-0.2, -0.15) is 0 Å². The predicted octanol–water partition coefficient (Wildman–Crippen LogP) is 6.41. The Labute approximate surface area is 227 Å². The Balaban J connectivity index is 0.00000144. The minimum atomic E-state index is -0.156. The molecule has 6 rings (SSSR count). The molecule has 0 aromatic heterocycles. The van der Waals surface area contributed by atoms with E-state index in [0.717, 1.165) is 54.7 Å². The lowest BCUT2D eigenvalue weighted by Crippen LogP contribution is -2.49. The van der Waals surface area contributed by atoms with E-state index < -0.39 is 0 Å². The number of benzene rings is 3. The number of nitrogens with zero attached hydrogens (tertiary/aromatic N) is 2. The minimum Gasteiger partial charge on any atom is -0.508 e. The van der Waals surface area contributed by atoms with Crippen LogP contribution in [0.2, 0.25) is 0 Å². The zero-order valence-corrected chi connectivity index (χ0v) is 22.7. The molecule has 5 heteroatoms. The summed E-state index contributed by atoms with van der Waals surface area (Å²) >= 11 is 0. The van der Waals surface area contributed by atoms with Gasteiger partial charge in [0.15, 0.2) is 0 Å². The van der Waals surface area contributed by atoms with Crippen LogP contribution in [0.15, 0.2) is 72.8 Å². The highest BCUT2D eigenvalue weighted by Crippen LogP contribution is 2.54. The molecule has 2 heterocycles. The summed E-state index contributed by atoms with van der Waals surface area (Å²) < 4.78 is 6.01. The first-order valence-electron chi connectivity index (χ1n) is 14.3. The summed E-state index contributed by atoms with van der Waals surface area (Å²) in [5, 5.41) is 10.2. The molecule has 3 aliphatic rings. The summed E-state index contributed by atoms with van der Waals surface area (Å²) in [5.74, 6) is 1.28. The molecule has 1 atom stereocenters. The van der Waals surface area contributed by atoms with Gasteiger partial charge in [-0.05, 0) is 105 Å². The number of likely N-dealkylation sites (tertiary alicyclic amines) is 1. The number of phenolic OH excluding ortho intramolecular Hbond substituents is 1. The van der Waals surface area contributed by atoms with Crippen molar-refractivity contribution in [3.63, 3.8) is 0 Å². The van der Waals surface area contributed by atoms with E-state index in [1.165, 1.54) is 31.5 Å². The molecule has 3 aromatic carbocycles. The molecule has 1 unspecified atom stereocenters. The van der Waals surface area contributed by atoms with Gasteiger partial charge in [-0.15, -0.1) is 0 Å². The van der Waals surface area contributed by atoms with E-state index in [1.54, 1.807) is 6.07 Å². The lowest BCUT2D eigenvalue weighted by Gasteiger charge is -2.44. The van der Waals surface area contributed by atoms with Crippen LogP contribution in [0.4, 0.5) is 0 Å². The maximum absolute atomic E-state index is 13.9. The molecular formula is C33H40N2O3. The standard InChI is InChI=1S/C31H34N2O3.C2H6/c34-26-10-13-28-25(21-26)22-31(14-15-31)33(30(35)24-6-2-1-3-7-24)29(28)20-23-8-11-27(12-9-23)36-19-18-32-16-4-5-17-32;1-2/h1-3,6-13,21,29,34H,4-5,14-20,22H2;1-2H3. The van der Waals surface area contributed by atoms with E-state index in [2.05, 4.69) is 34.1 Å². The van der Waals surface area contributed by atoms with Crippen molar-refractivity contribution in [2.45, 2.75) is 64.0 Å². The summed E-state index contributed by atoms with van der Waals surface area (Å²) in [6.45, 7) is 8.05. The van der Waals surface area contributed by atoms with Crippen molar-refractivity contribution in [3.05, 3.63) is 95.1 Å². The van der Waals surface area contributed by atoms with Gasteiger partial charge in [-0.25, -0.2) is 0 Å². The third-order valence-electron chi connectivity index (χ3n) is 8.12. The van der Waals surface area contributed by atoms with E-state index in [1.807, 2.05) is 56.3 Å². The Morgan fingerprint density at radius 1 is 0.974 bits per heavy atom. The van der Waals surface area contributed by atoms with E-state index in [4.69, 9.17) is 4.74 Å². The van der Waals surface area contributed by atoms with E-state index >= 15 is 0 Å². The molecule has 2 aliphatic heterocycles. The van der Waals surface area contributed by atoms with Crippen molar-refractivity contribution < 1.29 is 14.6 Å². The zero-order chi connectivity index (χ0) is 26.5. The molecule has 1 amide bonds. The van der Waals surface area contributed by atoms with Gasteiger partial charge in [0, 0.05) is 17.6 Å².